The van der Waals surface area contributed by atoms with E-state index in [1.807, 2.05) is 14.0 Å². The molecule has 1 N–H and O–H groups in total. The minimum absolute atomic E-state index is 0.341. The summed E-state index contributed by atoms with van der Waals surface area (Å²) in [5.41, 5.74) is 0.341. The molecule has 2 fully saturated rings. The van der Waals surface area contributed by atoms with Gasteiger partial charge in [0.25, 0.3) is 0 Å². The number of nitrogens with one attached hydrogen (secondary N) is 1. The van der Waals surface area contributed by atoms with Gasteiger partial charge in [0.2, 0.25) is 0 Å². The number of guanidine groups is 1. The number of rotatable bonds is 2. The Morgan fingerprint density at radius 3 is 3.04 bits per heavy atom. The molecule has 2 unspecified atom stereocenters. The average Bonchev–Trinajstić information content (AvgIpc) is 3.04. The minimum atomic E-state index is 0.341. The third-order valence-corrected chi connectivity index (χ3v) is 6.35. The summed E-state index contributed by atoms with van der Waals surface area (Å²) in [7, 11) is 1.91. The minimum Gasteiger partial charge on any atom is -0.381 e. The highest BCUT2D eigenvalue weighted by molar-refractivity contribution is 5.80. The summed E-state index contributed by atoms with van der Waals surface area (Å²) in [6.45, 7) is 8.04. The third-order valence-electron chi connectivity index (χ3n) is 6.35. The number of likely N-dealkylation sites (tertiary alicyclic amines) is 1. The molecule has 4 rings (SSSR count). The number of hydrogen-bond donors (Lipinski definition) is 1. The fraction of sp³-hybridized carbons (Fsp3) is 0.842. The lowest BCUT2D eigenvalue weighted by Gasteiger charge is -2.45. The zero-order valence-corrected chi connectivity index (χ0v) is 16.2. The molecule has 2 atom stereocenters. The zero-order chi connectivity index (χ0) is 18.0. The van der Waals surface area contributed by atoms with Crippen LogP contribution in [0.1, 0.15) is 43.8 Å². The second kappa shape index (κ2) is 7.55. The van der Waals surface area contributed by atoms with Crippen LogP contribution in [0.3, 0.4) is 0 Å². The first-order valence-corrected chi connectivity index (χ1v) is 10.1. The lowest BCUT2D eigenvalue weighted by atomic mass is 9.76. The topological polar surface area (TPSA) is 67.6 Å². The highest BCUT2D eigenvalue weighted by Crippen LogP contribution is 2.37. The van der Waals surface area contributed by atoms with E-state index < -0.39 is 0 Å². The first-order chi connectivity index (χ1) is 12.7. The van der Waals surface area contributed by atoms with Crippen LogP contribution in [0.5, 0.6) is 0 Å². The summed E-state index contributed by atoms with van der Waals surface area (Å²) in [6.07, 6.45) is 7.20. The van der Waals surface area contributed by atoms with Gasteiger partial charge in [0.05, 0.1) is 6.61 Å². The van der Waals surface area contributed by atoms with Crippen molar-refractivity contribution in [2.75, 3.05) is 39.9 Å². The molecule has 26 heavy (non-hydrogen) atoms. The van der Waals surface area contributed by atoms with Crippen molar-refractivity contribution in [1.82, 2.24) is 25.0 Å². The van der Waals surface area contributed by atoms with Crippen molar-refractivity contribution in [3.8, 4) is 0 Å². The molecule has 7 heteroatoms. The van der Waals surface area contributed by atoms with Crippen LogP contribution in [0.25, 0.3) is 0 Å². The van der Waals surface area contributed by atoms with Crippen LogP contribution >= 0.6 is 0 Å². The summed E-state index contributed by atoms with van der Waals surface area (Å²) < 4.78 is 8.09. The number of aromatic nitrogens is 3. The molecule has 2 saturated heterocycles. The summed E-state index contributed by atoms with van der Waals surface area (Å²) in [6, 6.07) is 0. The monoisotopic (exact) mass is 360 g/mol. The predicted octanol–water partition coefficient (Wildman–Crippen LogP) is 1.62. The zero-order valence-electron chi connectivity index (χ0n) is 16.2. The lowest BCUT2D eigenvalue weighted by molar-refractivity contribution is -0.0370. The van der Waals surface area contributed by atoms with Crippen molar-refractivity contribution in [3.05, 3.63) is 11.6 Å². The Morgan fingerprint density at radius 1 is 1.35 bits per heavy atom. The van der Waals surface area contributed by atoms with E-state index >= 15 is 0 Å². The number of hydrogen-bond acceptors (Lipinski definition) is 4. The molecule has 0 aliphatic carbocycles. The van der Waals surface area contributed by atoms with E-state index in [2.05, 4.69) is 30.0 Å². The van der Waals surface area contributed by atoms with Crippen molar-refractivity contribution >= 4 is 5.96 Å². The number of aryl methyl sites for hydroxylation is 2. The van der Waals surface area contributed by atoms with Crippen LogP contribution in [0.2, 0.25) is 0 Å². The molecule has 3 aliphatic heterocycles. The summed E-state index contributed by atoms with van der Waals surface area (Å²) in [5.74, 6) is 3.83. The molecule has 0 amide bonds. The smallest absolute Gasteiger partial charge is 0.193 e. The van der Waals surface area contributed by atoms with Crippen LogP contribution in [-0.2, 0) is 17.7 Å². The van der Waals surface area contributed by atoms with Crippen LogP contribution in [0.15, 0.2) is 4.99 Å². The summed E-state index contributed by atoms with van der Waals surface area (Å²) >= 11 is 0. The van der Waals surface area contributed by atoms with Crippen LogP contribution in [0.4, 0.5) is 0 Å². The van der Waals surface area contributed by atoms with Gasteiger partial charge in [0, 0.05) is 51.7 Å². The molecule has 3 aliphatic rings. The third kappa shape index (κ3) is 3.59. The fourth-order valence-corrected chi connectivity index (χ4v) is 4.89. The van der Waals surface area contributed by atoms with Crippen LogP contribution in [-0.4, -0.2) is 65.5 Å². The van der Waals surface area contributed by atoms with Crippen LogP contribution < -0.4 is 5.32 Å². The van der Waals surface area contributed by atoms with E-state index in [1.54, 1.807) is 0 Å². The maximum absolute atomic E-state index is 5.81. The number of aliphatic imine (C=N–C) groups is 1. The van der Waals surface area contributed by atoms with Gasteiger partial charge in [0.1, 0.15) is 11.6 Å². The van der Waals surface area contributed by atoms with E-state index in [9.17, 15) is 0 Å². The highest BCUT2D eigenvalue weighted by Gasteiger charge is 2.38. The maximum Gasteiger partial charge on any atom is 0.193 e. The van der Waals surface area contributed by atoms with Crippen molar-refractivity contribution < 1.29 is 4.74 Å². The normalized spacial score (nSPS) is 29.7. The molecule has 144 valence electrons. The highest BCUT2D eigenvalue weighted by atomic mass is 16.5. The van der Waals surface area contributed by atoms with Crippen molar-refractivity contribution in [1.29, 1.82) is 0 Å². The Labute approximate surface area is 156 Å². The van der Waals surface area contributed by atoms with E-state index in [1.165, 1.54) is 32.1 Å². The number of nitrogens with zero attached hydrogens (tertiary/aromatic N) is 5. The molecule has 4 heterocycles. The van der Waals surface area contributed by atoms with Crippen LogP contribution in [0, 0.1) is 18.3 Å². The first kappa shape index (κ1) is 17.8. The predicted molar refractivity (Wildman–Crippen MR) is 101 cm³/mol. The second-order valence-electron chi connectivity index (χ2n) is 8.29. The Balaban J connectivity index is 1.34. The molecule has 0 bridgehead atoms. The van der Waals surface area contributed by atoms with E-state index in [0.29, 0.717) is 11.3 Å². The van der Waals surface area contributed by atoms with Crippen molar-refractivity contribution in [2.45, 2.75) is 52.0 Å². The van der Waals surface area contributed by atoms with Gasteiger partial charge >= 0.3 is 0 Å². The molecular formula is C19H32N6O. The van der Waals surface area contributed by atoms with Crippen molar-refractivity contribution in [3.63, 3.8) is 0 Å². The Morgan fingerprint density at radius 2 is 2.23 bits per heavy atom. The molecular weight excluding hydrogens is 328 g/mol. The number of fused-ring (bicyclic) bond motifs is 1. The fourth-order valence-electron chi connectivity index (χ4n) is 4.89. The van der Waals surface area contributed by atoms with E-state index in [-0.39, 0.29) is 0 Å². The Bertz CT molecular complexity index is 643. The van der Waals surface area contributed by atoms with Gasteiger partial charge in [-0.25, -0.2) is 0 Å². The van der Waals surface area contributed by atoms with Gasteiger partial charge in [-0.3, -0.25) is 4.99 Å². The molecule has 1 spiro atoms. The standard InChI is InChI=1S/C19H32N6O/c1-15-22-23-17-6-5-16(12-25(15)17)11-21-18(20-2)24-9-3-7-19(13-24)8-4-10-26-14-19/h16H,3-14H2,1-2H3,(H,20,21). The van der Waals surface area contributed by atoms with E-state index in [0.717, 1.165) is 63.4 Å². The molecule has 0 saturated carbocycles. The molecule has 1 aromatic rings. The van der Waals surface area contributed by atoms with Gasteiger partial charge in [-0.15, -0.1) is 10.2 Å². The number of piperidine rings is 1. The lowest BCUT2D eigenvalue weighted by Crippen LogP contribution is -2.53. The molecule has 1 aromatic heterocycles. The Hall–Kier alpha value is -1.63. The largest absolute Gasteiger partial charge is 0.381 e. The average molecular weight is 361 g/mol. The number of ether oxygens (including phenoxy) is 1. The summed E-state index contributed by atoms with van der Waals surface area (Å²) in [4.78, 5) is 7.04. The maximum atomic E-state index is 5.81. The molecule has 0 aromatic carbocycles. The second-order valence-corrected chi connectivity index (χ2v) is 8.29. The summed E-state index contributed by atoms with van der Waals surface area (Å²) in [5, 5.41) is 12.1. The Kier molecular flexibility index (Phi) is 5.16. The van der Waals surface area contributed by atoms with E-state index in [4.69, 9.17) is 4.74 Å². The molecule has 7 nitrogen and oxygen atoms in total. The quantitative estimate of drug-likeness (QED) is 0.641. The van der Waals surface area contributed by atoms with Gasteiger partial charge in [0.15, 0.2) is 5.96 Å². The van der Waals surface area contributed by atoms with Gasteiger partial charge < -0.3 is 19.5 Å². The van der Waals surface area contributed by atoms with Gasteiger partial charge in [-0.05, 0) is 44.9 Å². The first-order valence-electron chi connectivity index (χ1n) is 10.1. The SMILES string of the molecule is CN=C(NCC1CCc2nnc(C)n2C1)N1CCCC2(CCCOC2)C1. The molecule has 0 radical (unpaired) electrons. The van der Waals surface area contributed by atoms with Crippen molar-refractivity contribution in [2.24, 2.45) is 16.3 Å². The van der Waals surface area contributed by atoms with Gasteiger partial charge in [-0.1, -0.05) is 0 Å². The van der Waals surface area contributed by atoms with Gasteiger partial charge in [-0.2, -0.15) is 0 Å².